The SMILES string of the molecule is Cc1cc(N(C)C(=O)C2(C(C(=O)O)c3cccc(OC4CCC(C(=O)N(C)c5ccc(CN6CCN(C(=O)OC(C)(C)C)[C@@H](C)C6)c(C)c5)CC4)c3)CCC(Oc3cccc(CC(=O)N4CCCC4)c3)CC2)ccc1CN1CCN[C@@H](C)C1. The van der Waals surface area contributed by atoms with Crippen molar-refractivity contribution in [3.8, 4) is 11.5 Å². The number of amides is 4. The molecule has 3 saturated heterocycles. The number of aryl methyl sites for hydroxylation is 2. The average Bonchev–Trinajstić information content (AvgIpc) is 4.13. The summed E-state index contributed by atoms with van der Waals surface area (Å²) in [6.07, 6.45) is 5.75. The quantitative estimate of drug-likeness (QED) is 0.103. The predicted molar refractivity (Wildman–Crippen MR) is 324 cm³/mol. The van der Waals surface area contributed by atoms with Crippen LogP contribution in [0.25, 0.3) is 0 Å². The minimum absolute atomic E-state index is 0.0221. The average molecular weight is 1140 g/mol. The Labute approximate surface area is 492 Å². The minimum atomic E-state index is -1.32. The van der Waals surface area contributed by atoms with Crippen LogP contribution in [0.1, 0.15) is 138 Å². The van der Waals surface area contributed by atoms with Crippen LogP contribution in [0.3, 0.4) is 0 Å². The first-order valence-corrected chi connectivity index (χ1v) is 30.6. The summed E-state index contributed by atoms with van der Waals surface area (Å²) in [5.74, 6) is -1.30. The Kier molecular flexibility index (Phi) is 19.6. The number of anilines is 2. The van der Waals surface area contributed by atoms with Crippen LogP contribution in [0.2, 0.25) is 0 Å². The van der Waals surface area contributed by atoms with Gasteiger partial charge in [-0.1, -0.05) is 36.4 Å². The Morgan fingerprint density at radius 2 is 1.29 bits per heavy atom. The number of carbonyl (C=O) groups excluding carboxylic acids is 4. The van der Waals surface area contributed by atoms with Crippen LogP contribution in [0.5, 0.6) is 11.5 Å². The van der Waals surface area contributed by atoms with E-state index in [0.29, 0.717) is 80.3 Å². The largest absolute Gasteiger partial charge is 0.490 e. The first-order valence-electron chi connectivity index (χ1n) is 30.6. The maximum absolute atomic E-state index is 15.5. The Morgan fingerprint density at radius 1 is 0.699 bits per heavy atom. The van der Waals surface area contributed by atoms with Crippen molar-refractivity contribution >= 4 is 41.2 Å². The number of nitrogens with zero attached hydrogens (tertiary/aromatic N) is 6. The molecule has 0 bridgehead atoms. The standard InChI is InChI=1S/C67H91N7O9/c1-45-36-54(22-18-53(45)44-72-34-35-74(48(4)42-72)65(80)83-66(5,6)7)69(8)62(76)50-20-24-56(25-21-50)81-59-17-13-15-51(40-59)61(63(77)78)67(64(79)70(9)55-23-19-52(46(2)37-55)43-71-33-30-68-47(3)41-71)28-26-57(27-29-67)82-58-16-12-14-49(38-58)39-60(75)73-31-10-11-32-73/h12-19,22-23,36-38,40,47-48,50,56-57,61,68H,10-11,20-21,24-35,39,41-44H2,1-9H3,(H,77,78)/t47-,48-,50?,56?,57?,61?,67?/m0/s1. The lowest BCUT2D eigenvalue weighted by molar-refractivity contribution is -0.150. The zero-order valence-corrected chi connectivity index (χ0v) is 50.8. The predicted octanol–water partition coefficient (Wildman–Crippen LogP) is 10.1. The lowest BCUT2D eigenvalue weighted by atomic mass is 9.62. The third-order valence-electron chi connectivity index (χ3n) is 18.2. The highest BCUT2D eigenvalue weighted by molar-refractivity contribution is 6.01. The summed E-state index contributed by atoms with van der Waals surface area (Å²) in [6, 6.07) is 27.8. The molecule has 2 saturated carbocycles. The number of likely N-dealkylation sites (tertiary alicyclic amines) is 1. The highest BCUT2D eigenvalue weighted by atomic mass is 16.6. The molecule has 5 aliphatic rings. The summed E-state index contributed by atoms with van der Waals surface area (Å²) in [4.78, 5) is 81.4. The number of hydrogen-bond donors (Lipinski definition) is 2. The summed E-state index contributed by atoms with van der Waals surface area (Å²) in [7, 11) is 3.62. The minimum Gasteiger partial charge on any atom is -0.490 e. The third-order valence-corrected chi connectivity index (χ3v) is 18.2. The smallest absolute Gasteiger partial charge is 0.410 e. The number of aliphatic carboxylic acids is 1. The third kappa shape index (κ3) is 15.1. The summed E-state index contributed by atoms with van der Waals surface area (Å²) in [5, 5.41) is 14.9. The number of rotatable bonds is 17. The van der Waals surface area contributed by atoms with Crippen LogP contribution < -0.4 is 24.6 Å². The monoisotopic (exact) mass is 1140 g/mol. The second-order valence-corrected chi connectivity index (χ2v) is 25.7. The molecule has 16 nitrogen and oxygen atoms in total. The molecule has 3 heterocycles. The summed E-state index contributed by atoms with van der Waals surface area (Å²) >= 11 is 0. The van der Waals surface area contributed by atoms with Crippen molar-refractivity contribution in [1.29, 1.82) is 0 Å². The van der Waals surface area contributed by atoms with E-state index in [4.69, 9.17) is 14.2 Å². The number of nitrogens with one attached hydrogen (secondary N) is 1. The van der Waals surface area contributed by atoms with Crippen LogP contribution >= 0.6 is 0 Å². The first-order chi connectivity index (χ1) is 39.6. The molecule has 3 aliphatic heterocycles. The van der Waals surface area contributed by atoms with Gasteiger partial charge in [0.25, 0.3) is 0 Å². The zero-order chi connectivity index (χ0) is 59.2. The van der Waals surface area contributed by atoms with Gasteiger partial charge in [0.2, 0.25) is 17.7 Å². The molecule has 83 heavy (non-hydrogen) atoms. The lowest BCUT2D eigenvalue weighted by Crippen LogP contribution is -2.54. The van der Waals surface area contributed by atoms with Crippen LogP contribution in [0.15, 0.2) is 84.9 Å². The maximum atomic E-state index is 15.5. The van der Waals surface area contributed by atoms with Gasteiger partial charge in [0.1, 0.15) is 17.1 Å². The molecule has 1 unspecified atom stereocenters. The van der Waals surface area contributed by atoms with Gasteiger partial charge in [0, 0.05) is 109 Å². The van der Waals surface area contributed by atoms with E-state index >= 15 is 4.79 Å². The van der Waals surface area contributed by atoms with E-state index in [-0.39, 0.29) is 60.8 Å². The van der Waals surface area contributed by atoms with Crippen molar-refractivity contribution < 1.29 is 43.3 Å². The molecule has 9 rings (SSSR count). The fourth-order valence-electron chi connectivity index (χ4n) is 13.5. The molecular weight excluding hydrogens is 1050 g/mol. The number of piperazine rings is 2. The zero-order valence-electron chi connectivity index (χ0n) is 50.8. The van der Waals surface area contributed by atoms with Crippen molar-refractivity contribution in [3.05, 3.63) is 118 Å². The van der Waals surface area contributed by atoms with Crippen LogP contribution in [-0.4, -0.2) is 151 Å². The molecule has 448 valence electrons. The topological polar surface area (TPSA) is 165 Å². The lowest BCUT2D eigenvalue weighted by Gasteiger charge is -2.44. The number of carbonyl (C=O) groups is 5. The van der Waals surface area contributed by atoms with Gasteiger partial charge in [-0.25, -0.2) is 4.79 Å². The molecule has 16 heteroatoms. The van der Waals surface area contributed by atoms with Crippen LogP contribution in [-0.2, 0) is 43.4 Å². The van der Waals surface area contributed by atoms with Crippen molar-refractivity contribution in [3.63, 3.8) is 0 Å². The van der Waals surface area contributed by atoms with Gasteiger partial charge in [-0.2, -0.15) is 0 Å². The van der Waals surface area contributed by atoms with Gasteiger partial charge >= 0.3 is 12.1 Å². The highest BCUT2D eigenvalue weighted by Gasteiger charge is 2.53. The Hall–Kier alpha value is -6.49. The van der Waals surface area contributed by atoms with Gasteiger partial charge in [-0.15, -0.1) is 0 Å². The van der Waals surface area contributed by atoms with Gasteiger partial charge in [0.05, 0.1) is 30.0 Å². The van der Waals surface area contributed by atoms with Gasteiger partial charge in [-0.05, 0) is 195 Å². The molecular formula is C67H91N7O9. The number of ether oxygens (including phenoxy) is 3. The van der Waals surface area contributed by atoms with Crippen LogP contribution in [0.4, 0.5) is 16.2 Å². The van der Waals surface area contributed by atoms with Crippen molar-refractivity contribution in [2.75, 3.05) is 76.3 Å². The molecule has 2 N–H and O–H groups in total. The van der Waals surface area contributed by atoms with Crippen molar-refractivity contribution in [2.45, 2.75) is 168 Å². The van der Waals surface area contributed by atoms with E-state index in [0.717, 1.165) is 94.1 Å². The Morgan fingerprint density at radius 3 is 1.88 bits per heavy atom. The van der Waals surface area contributed by atoms with E-state index in [9.17, 15) is 24.3 Å². The normalized spacial score (nSPS) is 23.9. The summed E-state index contributed by atoms with van der Waals surface area (Å²) in [6.45, 7) is 22.2. The molecule has 3 atom stereocenters. The van der Waals surface area contributed by atoms with E-state index in [1.807, 2.05) is 104 Å². The van der Waals surface area contributed by atoms with E-state index in [2.05, 4.69) is 61.0 Å². The molecule has 0 spiro atoms. The van der Waals surface area contributed by atoms with Crippen LogP contribution in [0, 0.1) is 25.2 Å². The molecule has 0 aromatic heterocycles. The molecule has 2 aliphatic carbocycles. The molecule has 4 aromatic carbocycles. The first kappa shape index (κ1) is 61.1. The number of carboxylic acid groups (broad SMARTS) is 1. The number of benzene rings is 4. The van der Waals surface area contributed by atoms with Crippen molar-refractivity contribution in [2.24, 2.45) is 11.3 Å². The molecule has 5 fully saturated rings. The molecule has 0 radical (unpaired) electrons. The molecule has 4 aromatic rings. The number of hydrogen-bond acceptors (Lipinski definition) is 11. The Balaban J connectivity index is 0.855. The second kappa shape index (κ2) is 26.6. The summed E-state index contributed by atoms with van der Waals surface area (Å²) in [5.41, 5.74) is 5.65. The summed E-state index contributed by atoms with van der Waals surface area (Å²) < 4.78 is 18.9. The van der Waals surface area contributed by atoms with E-state index < -0.39 is 22.9 Å². The van der Waals surface area contributed by atoms with Gasteiger partial charge in [-0.3, -0.25) is 29.0 Å². The number of carboxylic acids is 1. The fraction of sp³-hybridized carbons (Fsp3) is 0.567. The van der Waals surface area contributed by atoms with Gasteiger partial charge in [0.15, 0.2) is 0 Å². The fourth-order valence-corrected chi connectivity index (χ4v) is 13.5. The second-order valence-electron chi connectivity index (χ2n) is 25.7. The Bertz CT molecular complexity index is 2940. The van der Waals surface area contributed by atoms with E-state index in [1.165, 1.54) is 11.1 Å². The van der Waals surface area contributed by atoms with Crippen molar-refractivity contribution in [1.82, 2.24) is 24.9 Å². The van der Waals surface area contributed by atoms with Gasteiger partial charge < -0.3 is 44.2 Å². The van der Waals surface area contributed by atoms with E-state index in [1.54, 1.807) is 16.8 Å². The highest BCUT2D eigenvalue weighted by Crippen LogP contribution is 2.51. The maximum Gasteiger partial charge on any atom is 0.410 e. The molecule has 4 amide bonds.